The number of alkyl carbamates (subject to hydrolysis) is 1. The summed E-state index contributed by atoms with van der Waals surface area (Å²) in [6.45, 7) is 10.9. The number of hydrogen-bond acceptors (Lipinski definition) is 4. The van der Waals surface area contributed by atoms with Gasteiger partial charge in [0, 0.05) is 5.56 Å². The van der Waals surface area contributed by atoms with Crippen molar-refractivity contribution in [3.63, 3.8) is 0 Å². The second-order valence-corrected chi connectivity index (χ2v) is 7.08. The van der Waals surface area contributed by atoms with Crippen LogP contribution in [0.3, 0.4) is 0 Å². The zero-order valence-electron chi connectivity index (χ0n) is 14.7. The number of ether oxygens (including phenoxy) is 2. The van der Waals surface area contributed by atoms with Gasteiger partial charge in [0.05, 0.1) is 0 Å². The van der Waals surface area contributed by atoms with Crippen molar-refractivity contribution in [2.24, 2.45) is 5.92 Å². The van der Waals surface area contributed by atoms with Crippen molar-refractivity contribution in [3.05, 3.63) is 36.4 Å². The van der Waals surface area contributed by atoms with Crippen molar-refractivity contribution < 1.29 is 19.1 Å². The summed E-state index contributed by atoms with van der Waals surface area (Å²) >= 11 is 0. The third kappa shape index (κ3) is 5.11. The smallest absolute Gasteiger partial charge is 0.408 e. The molecule has 1 aliphatic rings. The molecule has 0 radical (unpaired) electrons. The van der Waals surface area contributed by atoms with Gasteiger partial charge in [0.2, 0.25) is 0 Å². The van der Waals surface area contributed by atoms with Crippen LogP contribution in [0.1, 0.15) is 46.1 Å². The molecule has 1 saturated carbocycles. The third-order valence-corrected chi connectivity index (χ3v) is 3.60. The summed E-state index contributed by atoms with van der Waals surface area (Å²) in [6, 6.07) is 6.51. The normalized spacial score (nSPS) is 15.3. The number of esters is 1. The quantitative estimate of drug-likeness (QED) is 0.656. The Kier molecular flexibility index (Phi) is 5.32. The minimum atomic E-state index is -0.818. The topological polar surface area (TPSA) is 64.6 Å². The largest absolute Gasteiger partial charge is 0.444 e. The number of carbonyl (C=O) groups excluding carboxylic acids is 2. The van der Waals surface area contributed by atoms with E-state index >= 15 is 0 Å². The van der Waals surface area contributed by atoms with Crippen LogP contribution in [-0.4, -0.2) is 23.7 Å². The van der Waals surface area contributed by atoms with Gasteiger partial charge in [-0.1, -0.05) is 24.8 Å². The van der Waals surface area contributed by atoms with Crippen LogP contribution in [-0.2, 0) is 9.53 Å². The van der Waals surface area contributed by atoms with Crippen molar-refractivity contribution in [2.45, 2.75) is 52.2 Å². The number of nitrogens with one attached hydrogen (secondary N) is 1. The second-order valence-electron chi connectivity index (χ2n) is 7.08. The number of para-hydroxylation sites is 1. The molecule has 0 bridgehead atoms. The van der Waals surface area contributed by atoms with Crippen LogP contribution in [0.2, 0.25) is 0 Å². The molecule has 2 rings (SSSR count). The summed E-state index contributed by atoms with van der Waals surface area (Å²) in [5.74, 6) is 0.399. The first-order chi connectivity index (χ1) is 11.2. The van der Waals surface area contributed by atoms with E-state index in [0.29, 0.717) is 11.7 Å². The summed E-state index contributed by atoms with van der Waals surface area (Å²) in [5, 5.41) is 2.48. The van der Waals surface area contributed by atoms with E-state index in [4.69, 9.17) is 9.47 Å². The van der Waals surface area contributed by atoms with E-state index in [-0.39, 0.29) is 0 Å². The van der Waals surface area contributed by atoms with Crippen LogP contribution in [0.15, 0.2) is 30.8 Å². The average molecular weight is 331 g/mol. The van der Waals surface area contributed by atoms with Crippen molar-refractivity contribution in [1.29, 1.82) is 0 Å². The fraction of sp³-hybridized carbons (Fsp3) is 0.474. The molecular weight excluding hydrogens is 306 g/mol. The van der Waals surface area contributed by atoms with Gasteiger partial charge in [0.25, 0.3) is 0 Å². The van der Waals surface area contributed by atoms with E-state index in [1.807, 2.05) is 12.1 Å². The Balaban J connectivity index is 1.99. The monoisotopic (exact) mass is 331 g/mol. The van der Waals surface area contributed by atoms with E-state index in [9.17, 15) is 9.59 Å². The summed E-state index contributed by atoms with van der Waals surface area (Å²) in [6.07, 6.45) is 1.60. The molecule has 1 amide bonds. The number of allylic oxidation sites excluding steroid dienone is 1. The maximum Gasteiger partial charge on any atom is 0.408 e. The number of carbonyl (C=O) groups is 2. The number of amides is 1. The van der Waals surface area contributed by atoms with E-state index < -0.39 is 23.7 Å². The van der Waals surface area contributed by atoms with Crippen LogP contribution in [0.25, 0.3) is 5.57 Å². The van der Waals surface area contributed by atoms with Gasteiger partial charge in [-0.25, -0.2) is 9.59 Å². The molecule has 0 saturated heterocycles. The van der Waals surface area contributed by atoms with Crippen LogP contribution in [0.5, 0.6) is 5.75 Å². The SMILES string of the molecule is C=C(c1ccccc1OC(=O)[C@@H](C)NC(=O)OC(C)(C)C)C1CC1. The lowest BCUT2D eigenvalue weighted by Crippen LogP contribution is -2.43. The molecule has 1 fully saturated rings. The Hall–Kier alpha value is -2.30. The first kappa shape index (κ1) is 18.0. The molecule has 0 aromatic heterocycles. The number of rotatable bonds is 5. The maximum absolute atomic E-state index is 12.3. The van der Waals surface area contributed by atoms with Crippen molar-refractivity contribution in [1.82, 2.24) is 5.32 Å². The second kappa shape index (κ2) is 7.07. The number of benzene rings is 1. The third-order valence-electron chi connectivity index (χ3n) is 3.60. The lowest BCUT2D eigenvalue weighted by atomic mass is 10.0. The van der Waals surface area contributed by atoms with Gasteiger partial charge < -0.3 is 14.8 Å². The van der Waals surface area contributed by atoms with Crippen LogP contribution in [0.4, 0.5) is 4.79 Å². The molecule has 1 aliphatic carbocycles. The Morgan fingerprint density at radius 3 is 2.46 bits per heavy atom. The molecule has 1 N–H and O–H groups in total. The van der Waals surface area contributed by atoms with Gasteiger partial charge in [0.1, 0.15) is 17.4 Å². The molecule has 1 atom stereocenters. The molecular formula is C19H25NO4. The van der Waals surface area contributed by atoms with Gasteiger partial charge in [-0.05, 0) is 58.1 Å². The Morgan fingerprint density at radius 1 is 1.25 bits per heavy atom. The Morgan fingerprint density at radius 2 is 1.88 bits per heavy atom. The van der Waals surface area contributed by atoms with E-state index in [1.165, 1.54) is 0 Å². The zero-order valence-corrected chi connectivity index (χ0v) is 14.7. The van der Waals surface area contributed by atoms with Crippen LogP contribution in [0, 0.1) is 5.92 Å². The molecule has 0 spiro atoms. The Bertz CT molecular complexity index is 641. The highest BCUT2D eigenvalue weighted by molar-refractivity contribution is 5.84. The molecule has 0 heterocycles. The van der Waals surface area contributed by atoms with Gasteiger partial charge in [-0.2, -0.15) is 0 Å². The molecule has 1 aromatic carbocycles. The van der Waals surface area contributed by atoms with Gasteiger partial charge in [-0.15, -0.1) is 0 Å². The molecule has 5 nitrogen and oxygen atoms in total. The first-order valence-electron chi connectivity index (χ1n) is 8.17. The predicted molar refractivity (Wildman–Crippen MR) is 92.7 cm³/mol. The highest BCUT2D eigenvalue weighted by Crippen LogP contribution is 2.43. The lowest BCUT2D eigenvalue weighted by Gasteiger charge is -2.21. The van der Waals surface area contributed by atoms with E-state index in [1.54, 1.807) is 39.8 Å². The highest BCUT2D eigenvalue weighted by Gasteiger charge is 2.28. The minimum Gasteiger partial charge on any atom is -0.444 e. The minimum absolute atomic E-state index is 0.470. The molecule has 0 unspecified atom stereocenters. The standard InChI is InChI=1S/C19H25NO4/c1-12(14-10-11-14)15-8-6-7-9-16(15)23-17(21)13(2)20-18(22)24-19(3,4)5/h6-9,13-14H,1,10-11H2,2-5H3,(H,20,22)/t13-/m1/s1. The molecule has 0 aliphatic heterocycles. The first-order valence-corrected chi connectivity index (χ1v) is 8.17. The molecule has 130 valence electrons. The summed E-state index contributed by atoms with van der Waals surface area (Å²) in [7, 11) is 0. The average Bonchev–Trinajstić information content (AvgIpc) is 3.29. The molecule has 24 heavy (non-hydrogen) atoms. The van der Waals surface area contributed by atoms with E-state index in [2.05, 4.69) is 11.9 Å². The van der Waals surface area contributed by atoms with Crippen molar-refractivity contribution in [2.75, 3.05) is 0 Å². The summed E-state index contributed by atoms with van der Waals surface area (Å²) in [4.78, 5) is 24.0. The van der Waals surface area contributed by atoms with Crippen LogP contribution >= 0.6 is 0 Å². The van der Waals surface area contributed by atoms with Gasteiger partial charge in [-0.3, -0.25) is 0 Å². The Labute approximate surface area is 143 Å². The predicted octanol–water partition coefficient (Wildman–Crippen LogP) is 3.93. The summed E-state index contributed by atoms with van der Waals surface area (Å²) < 4.78 is 10.6. The number of hydrogen-bond donors (Lipinski definition) is 1. The molecule has 5 heteroatoms. The molecule has 1 aromatic rings. The highest BCUT2D eigenvalue weighted by atomic mass is 16.6. The fourth-order valence-corrected chi connectivity index (χ4v) is 2.21. The van der Waals surface area contributed by atoms with Crippen molar-refractivity contribution in [3.8, 4) is 5.75 Å². The van der Waals surface area contributed by atoms with Gasteiger partial charge >= 0.3 is 12.1 Å². The van der Waals surface area contributed by atoms with Crippen molar-refractivity contribution >= 4 is 17.6 Å². The summed E-state index contributed by atoms with van der Waals surface area (Å²) in [5.41, 5.74) is 1.21. The van der Waals surface area contributed by atoms with Crippen LogP contribution < -0.4 is 10.1 Å². The maximum atomic E-state index is 12.3. The van der Waals surface area contributed by atoms with Gasteiger partial charge in [0.15, 0.2) is 0 Å². The fourth-order valence-electron chi connectivity index (χ4n) is 2.21. The van der Waals surface area contributed by atoms with E-state index in [0.717, 1.165) is 24.0 Å². The lowest BCUT2D eigenvalue weighted by molar-refractivity contribution is -0.136. The zero-order chi connectivity index (χ0) is 17.9.